The second-order valence-electron chi connectivity index (χ2n) is 3.24. The molecule has 2 rings (SSSR count). The molecule has 0 aliphatic carbocycles. The lowest BCUT2D eigenvalue weighted by Crippen LogP contribution is -2.20. The maximum absolute atomic E-state index is 5.70. The molecule has 1 N–H and O–H groups in total. The van der Waals surface area contributed by atoms with E-state index in [1.807, 2.05) is 12.1 Å². The fraction of sp³-hybridized carbons (Fsp3) is 0.500. The van der Waals surface area contributed by atoms with Gasteiger partial charge in [-0.1, -0.05) is 0 Å². The molecule has 2 heterocycles. The molecule has 0 saturated carbocycles. The van der Waals surface area contributed by atoms with E-state index in [0.29, 0.717) is 11.6 Å². The Balaban J connectivity index is 2.07. The summed E-state index contributed by atoms with van der Waals surface area (Å²) in [6.07, 6.45) is 2.96. The minimum atomic E-state index is 0.221. The van der Waals surface area contributed by atoms with Crippen LogP contribution in [0.3, 0.4) is 0 Å². The predicted octanol–water partition coefficient (Wildman–Crippen LogP) is 0.831. The van der Waals surface area contributed by atoms with Crippen molar-refractivity contribution in [1.82, 2.24) is 10.3 Å². The van der Waals surface area contributed by atoms with Crippen LogP contribution >= 0.6 is 0 Å². The Morgan fingerprint density at radius 3 is 3.21 bits per heavy atom. The molecule has 0 amide bonds. The summed E-state index contributed by atoms with van der Waals surface area (Å²) in [6.45, 7) is 1.90. The zero-order valence-electron chi connectivity index (χ0n) is 8.19. The Morgan fingerprint density at radius 2 is 2.50 bits per heavy atom. The third-order valence-electron chi connectivity index (χ3n) is 2.25. The van der Waals surface area contributed by atoms with E-state index in [-0.39, 0.29) is 6.10 Å². The average molecular weight is 194 g/mol. The number of methoxy groups -OCH3 is 1. The van der Waals surface area contributed by atoms with Gasteiger partial charge in [0.15, 0.2) is 5.75 Å². The number of pyridine rings is 1. The molecule has 1 fully saturated rings. The molecule has 1 unspecified atom stereocenters. The lowest BCUT2D eigenvalue weighted by atomic mass is 10.3. The number of nitrogens with zero attached hydrogens (tertiary/aromatic N) is 1. The fourth-order valence-electron chi connectivity index (χ4n) is 1.51. The van der Waals surface area contributed by atoms with Crippen LogP contribution in [-0.4, -0.2) is 31.3 Å². The lowest BCUT2D eigenvalue weighted by molar-refractivity contribution is 0.203. The third-order valence-corrected chi connectivity index (χ3v) is 2.25. The van der Waals surface area contributed by atoms with Crippen molar-refractivity contribution in [3.63, 3.8) is 0 Å². The Labute approximate surface area is 83.2 Å². The van der Waals surface area contributed by atoms with Gasteiger partial charge in [-0.05, 0) is 25.1 Å². The number of hydrogen-bond acceptors (Lipinski definition) is 4. The van der Waals surface area contributed by atoms with Crippen LogP contribution in [0.1, 0.15) is 6.42 Å². The molecule has 4 heteroatoms. The van der Waals surface area contributed by atoms with Gasteiger partial charge in [0.1, 0.15) is 6.10 Å². The predicted molar refractivity (Wildman–Crippen MR) is 52.7 cm³/mol. The van der Waals surface area contributed by atoms with Gasteiger partial charge in [0, 0.05) is 12.7 Å². The summed E-state index contributed by atoms with van der Waals surface area (Å²) in [7, 11) is 1.62. The van der Waals surface area contributed by atoms with E-state index >= 15 is 0 Å². The molecule has 14 heavy (non-hydrogen) atoms. The molecule has 1 aromatic rings. The molecular formula is C10H14N2O2. The molecule has 1 aromatic heterocycles. The van der Waals surface area contributed by atoms with Crippen LogP contribution in [0.2, 0.25) is 0 Å². The summed E-state index contributed by atoms with van der Waals surface area (Å²) in [5.74, 6) is 1.28. The lowest BCUT2D eigenvalue weighted by Gasteiger charge is -2.13. The van der Waals surface area contributed by atoms with E-state index in [1.54, 1.807) is 13.3 Å². The van der Waals surface area contributed by atoms with Gasteiger partial charge in [0.05, 0.1) is 7.11 Å². The standard InChI is InChI=1S/C10H14N2O2/c1-13-9-3-2-5-12-10(9)14-8-4-6-11-7-8/h2-3,5,8,11H,4,6-7H2,1H3. The highest BCUT2D eigenvalue weighted by Gasteiger charge is 2.18. The van der Waals surface area contributed by atoms with Gasteiger partial charge >= 0.3 is 0 Å². The summed E-state index contributed by atoms with van der Waals surface area (Å²) in [5.41, 5.74) is 0. The Hall–Kier alpha value is -1.29. The smallest absolute Gasteiger partial charge is 0.257 e. The highest BCUT2D eigenvalue weighted by atomic mass is 16.5. The number of rotatable bonds is 3. The molecule has 1 atom stereocenters. The molecule has 0 radical (unpaired) electrons. The highest BCUT2D eigenvalue weighted by Crippen LogP contribution is 2.24. The maximum Gasteiger partial charge on any atom is 0.257 e. The van der Waals surface area contributed by atoms with Crippen LogP contribution in [-0.2, 0) is 0 Å². The molecule has 0 spiro atoms. The van der Waals surface area contributed by atoms with Crippen molar-refractivity contribution in [2.45, 2.75) is 12.5 Å². The van der Waals surface area contributed by atoms with Gasteiger partial charge in [0.25, 0.3) is 5.88 Å². The van der Waals surface area contributed by atoms with Gasteiger partial charge in [-0.3, -0.25) is 0 Å². The van der Waals surface area contributed by atoms with Gasteiger partial charge in [0.2, 0.25) is 0 Å². The average Bonchev–Trinajstić information content (AvgIpc) is 2.71. The van der Waals surface area contributed by atoms with Gasteiger partial charge in [-0.2, -0.15) is 0 Å². The molecule has 76 valence electrons. The highest BCUT2D eigenvalue weighted by molar-refractivity contribution is 5.32. The molecular weight excluding hydrogens is 180 g/mol. The third kappa shape index (κ3) is 1.96. The van der Waals surface area contributed by atoms with E-state index in [0.717, 1.165) is 19.5 Å². The minimum absolute atomic E-state index is 0.221. The Kier molecular flexibility index (Phi) is 2.84. The molecule has 4 nitrogen and oxygen atoms in total. The molecule has 0 bridgehead atoms. The first-order valence-corrected chi connectivity index (χ1v) is 4.76. The first kappa shape index (κ1) is 9.27. The summed E-state index contributed by atoms with van der Waals surface area (Å²) in [5, 5.41) is 3.24. The monoisotopic (exact) mass is 194 g/mol. The van der Waals surface area contributed by atoms with Crippen molar-refractivity contribution < 1.29 is 9.47 Å². The van der Waals surface area contributed by atoms with Crippen molar-refractivity contribution in [2.75, 3.05) is 20.2 Å². The quantitative estimate of drug-likeness (QED) is 0.774. The first-order valence-electron chi connectivity index (χ1n) is 4.76. The minimum Gasteiger partial charge on any atom is -0.491 e. The summed E-state index contributed by atoms with van der Waals surface area (Å²) in [6, 6.07) is 3.68. The van der Waals surface area contributed by atoms with E-state index in [1.165, 1.54) is 0 Å². The van der Waals surface area contributed by atoms with Crippen LogP contribution in [0.5, 0.6) is 11.6 Å². The largest absolute Gasteiger partial charge is 0.491 e. The van der Waals surface area contributed by atoms with Crippen LogP contribution in [0.15, 0.2) is 18.3 Å². The van der Waals surface area contributed by atoms with Crippen LogP contribution in [0.25, 0.3) is 0 Å². The van der Waals surface area contributed by atoms with Gasteiger partial charge in [-0.15, -0.1) is 0 Å². The van der Waals surface area contributed by atoms with Gasteiger partial charge < -0.3 is 14.8 Å². The Morgan fingerprint density at radius 1 is 1.57 bits per heavy atom. The van der Waals surface area contributed by atoms with E-state index in [9.17, 15) is 0 Å². The maximum atomic E-state index is 5.70. The molecule has 1 aliphatic heterocycles. The molecule has 1 saturated heterocycles. The molecule has 1 aliphatic rings. The SMILES string of the molecule is COc1cccnc1OC1CCNC1. The van der Waals surface area contributed by atoms with Crippen LogP contribution < -0.4 is 14.8 Å². The number of nitrogens with one attached hydrogen (secondary N) is 1. The second-order valence-corrected chi connectivity index (χ2v) is 3.24. The number of ether oxygens (including phenoxy) is 2. The van der Waals surface area contributed by atoms with E-state index < -0.39 is 0 Å². The Bertz CT molecular complexity index is 298. The number of hydrogen-bond donors (Lipinski definition) is 1. The zero-order valence-corrected chi connectivity index (χ0v) is 8.19. The first-order chi connectivity index (χ1) is 6.90. The van der Waals surface area contributed by atoms with Crippen molar-refractivity contribution in [2.24, 2.45) is 0 Å². The molecule has 0 aromatic carbocycles. The van der Waals surface area contributed by atoms with Crippen molar-refractivity contribution >= 4 is 0 Å². The van der Waals surface area contributed by atoms with Gasteiger partial charge in [-0.25, -0.2) is 4.98 Å². The van der Waals surface area contributed by atoms with E-state index in [2.05, 4.69) is 10.3 Å². The second kappa shape index (κ2) is 4.28. The van der Waals surface area contributed by atoms with Crippen molar-refractivity contribution in [3.05, 3.63) is 18.3 Å². The fourth-order valence-corrected chi connectivity index (χ4v) is 1.51. The zero-order chi connectivity index (χ0) is 9.80. The van der Waals surface area contributed by atoms with Crippen LogP contribution in [0.4, 0.5) is 0 Å². The summed E-state index contributed by atoms with van der Waals surface area (Å²) in [4.78, 5) is 4.14. The summed E-state index contributed by atoms with van der Waals surface area (Å²) < 4.78 is 10.8. The summed E-state index contributed by atoms with van der Waals surface area (Å²) >= 11 is 0. The van der Waals surface area contributed by atoms with Crippen LogP contribution in [0, 0.1) is 0 Å². The van der Waals surface area contributed by atoms with Crippen molar-refractivity contribution in [3.8, 4) is 11.6 Å². The topological polar surface area (TPSA) is 43.4 Å². The number of aromatic nitrogens is 1. The van der Waals surface area contributed by atoms with E-state index in [4.69, 9.17) is 9.47 Å². The normalized spacial score (nSPS) is 20.8. The van der Waals surface area contributed by atoms with Crippen molar-refractivity contribution in [1.29, 1.82) is 0 Å².